The largest absolute Gasteiger partial charge is 0.271 e. The fourth-order valence-corrected chi connectivity index (χ4v) is 2.17. The average molecular weight is 240 g/mol. The number of hydrogen-bond acceptors (Lipinski definition) is 2. The van der Waals surface area contributed by atoms with E-state index in [4.69, 9.17) is 5.84 Å². The van der Waals surface area contributed by atoms with Gasteiger partial charge in [-0.1, -0.05) is 67.9 Å². The average Bonchev–Trinajstić information content (AvgIpc) is 2.46. The molecule has 0 aliphatic carbocycles. The van der Waals surface area contributed by atoms with Gasteiger partial charge in [0.2, 0.25) is 0 Å². The summed E-state index contributed by atoms with van der Waals surface area (Å²) in [5.41, 5.74) is 6.62. The van der Waals surface area contributed by atoms with Gasteiger partial charge in [0.1, 0.15) is 0 Å². The minimum absolute atomic E-state index is 0.250. The van der Waals surface area contributed by atoms with E-state index in [0.29, 0.717) is 0 Å². The van der Waals surface area contributed by atoms with Gasteiger partial charge in [-0.05, 0) is 23.1 Å². The molecule has 0 heterocycles. The lowest BCUT2D eigenvalue weighted by Gasteiger charge is -2.15. The summed E-state index contributed by atoms with van der Waals surface area (Å²) in [6.07, 6.45) is 2.18. The van der Waals surface area contributed by atoms with Crippen LogP contribution in [0.25, 0.3) is 11.1 Å². The van der Waals surface area contributed by atoms with Crippen LogP contribution < -0.4 is 11.3 Å². The number of hydrazine groups is 1. The van der Waals surface area contributed by atoms with E-state index in [1.54, 1.807) is 0 Å². The van der Waals surface area contributed by atoms with Crippen molar-refractivity contribution in [3.63, 3.8) is 0 Å². The zero-order valence-electron chi connectivity index (χ0n) is 10.8. The van der Waals surface area contributed by atoms with Crippen molar-refractivity contribution in [2.24, 2.45) is 5.84 Å². The summed E-state index contributed by atoms with van der Waals surface area (Å²) < 4.78 is 0. The Kier molecular flexibility index (Phi) is 4.51. The molecule has 2 nitrogen and oxygen atoms in total. The third-order valence-electron chi connectivity index (χ3n) is 3.20. The molecule has 2 rings (SSSR count). The highest BCUT2D eigenvalue weighted by Crippen LogP contribution is 2.23. The summed E-state index contributed by atoms with van der Waals surface area (Å²) in [6, 6.07) is 19.3. The molecule has 0 aliphatic heterocycles. The van der Waals surface area contributed by atoms with Gasteiger partial charge in [-0.15, -0.1) is 0 Å². The van der Waals surface area contributed by atoms with Gasteiger partial charge in [0, 0.05) is 6.04 Å². The minimum atomic E-state index is 0.250. The Balaban J connectivity index is 2.19. The molecule has 0 saturated carbocycles. The van der Waals surface area contributed by atoms with Crippen LogP contribution in [0.15, 0.2) is 54.6 Å². The Morgan fingerprint density at radius 2 is 1.56 bits per heavy atom. The van der Waals surface area contributed by atoms with E-state index in [1.165, 1.54) is 16.7 Å². The summed E-state index contributed by atoms with van der Waals surface area (Å²) in [7, 11) is 0. The van der Waals surface area contributed by atoms with Crippen molar-refractivity contribution in [3.05, 3.63) is 60.2 Å². The van der Waals surface area contributed by atoms with Crippen LogP contribution in [0.5, 0.6) is 0 Å². The lowest BCUT2D eigenvalue weighted by molar-refractivity contribution is 0.510. The maximum absolute atomic E-state index is 5.59. The zero-order chi connectivity index (χ0) is 12.8. The Morgan fingerprint density at radius 1 is 0.944 bits per heavy atom. The molecular formula is C16H20N2. The van der Waals surface area contributed by atoms with Gasteiger partial charge < -0.3 is 0 Å². The van der Waals surface area contributed by atoms with E-state index in [0.717, 1.165) is 12.8 Å². The normalized spacial score (nSPS) is 12.3. The molecule has 0 bridgehead atoms. The SMILES string of the molecule is CCCC(NN)c1ccc(-c2ccccc2)cc1. The molecule has 2 heteroatoms. The van der Waals surface area contributed by atoms with Crippen LogP contribution in [-0.2, 0) is 0 Å². The molecule has 1 atom stereocenters. The van der Waals surface area contributed by atoms with Gasteiger partial charge in [-0.25, -0.2) is 0 Å². The Bertz CT molecular complexity index is 462. The monoisotopic (exact) mass is 240 g/mol. The first-order valence-electron chi connectivity index (χ1n) is 6.46. The van der Waals surface area contributed by atoms with Crippen LogP contribution in [0.4, 0.5) is 0 Å². The van der Waals surface area contributed by atoms with E-state index < -0.39 is 0 Å². The summed E-state index contributed by atoms with van der Waals surface area (Å²) in [5.74, 6) is 5.59. The first-order chi connectivity index (χ1) is 8.85. The molecule has 94 valence electrons. The molecule has 0 spiro atoms. The predicted molar refractivity (Wildman–Crippen MR) is 76.9 cm³/mol. The molecular weight excluding hydrogens is 220 g/mol. The minimum Gasteiger partial charge on any atom is -0.271 e. The number of nitrogens with one attached hydrogen (secondary N) is 1. The first kappa shape index (κ1) is 12.8. The Morgan fingerprint density at radius 3 is 2.11 bits per heavy atom. The van der Waals surface area contributed by atoms with E-state index in [2.05, 4.69) is 60.9 Å². The quantitative estimate of drug-likeness (QED) is 0.618. The van der Waals surface area contributed by atoms with Crippen LogP contribution in [0.3, 0.4) is 0 Å². The smallest absolute Gasteiger partial charge is 0.0459 e. The van der Waals surface area contributed by atoms with Crippen LogP contribution in [0, 0.1) is 0 Å². The van der Waals surface area contributed by atoms with Crippen LogP contribution >= 0.6 is 0 Å². The molecule has 0 aromatic heterocycles. The second-order valence-corrected chi connectivity index (χ2v) is 4.50. The summed E-state index contributed by atoms with van der Waals surface area (Å²) in [5, 5.41) is 0. The van der Waals surface area contributed by atoms with Gasteiger partial charge in [-0.2, -0.15) is 0 Å². The molecule has 0 aliphatic rings. The second kappa shape index (κ2) is 6.34. The summed E-state index contributed by atoms with van der Waals surface area (Å²) in [4.78, 5) is 0. The molecule has 2 aromatic carbocycles. The van der Waals surface area contributed by atoms with Gasteiger partial charge in [0.05, 0.1) is 0 Å². The van der Waals surface area contributed by atoms with Crippen LogP contribution in [0.2, 0.25) is 0 Å². The van der Waals surface area contributed by atoms with Gasteiger partial charge >= 0.3 is 0 Å². The maximum atomic E-state index is 5.59. The second-order valence-electron chi connectivity index (χ2n) is 4.50. The third-order valence-corrected chi connectivity index (χ3v) is 3.20. The fourth-order valence-electron chi connectivity index (χ4n) is 2.17. The summed E-state index contributed by atoms with van der Waals surface area (Å²) in [6.45, 7) is 2.17. The zero-order valence-corrected chi connectivity index (χ0v) is 10.8. The van der Waals surface area contributed by atoms with Crippen molar-refractivity contribution in [2.75, 3.05) is 0 Å². The molecule has 0 fully saturated rings. The standard InChI is InChI=1S/C16H20N2/c1-2-6-16(18-17)15-11-9-14(10-12-15)13-7-4-3-5-8-13/h3-5,7-12,16,18H,2,6,17H2,1H3. The van der Waals surface area contributed by atoms with Crippen molar-refractivity contribution >= 4 is 0 Å². The molecule has 3 N–H and O–H groups in total. The highest BCUT2D eigenvalue weighted by Gasteiger charge is 2.08. The van der Waals surface area contributed by atoms with Gasteiger partial charge in [0.25, 0.3) is 0 Å². The van der Waals surface area contributed by atoms with Crippen molar-refractivity contribution in [1.82, 2.24) is 5.43 Å². The molecule has 0 amide bonds. The van der Waals surface area contributed by atoms with Gasteiger partial charge in [-0.3, -0.25) is 11.3 Å². The highest BCUT2D eigenvalue weighted by molar-refractivity contribution is 5.63. The fraction of sp³-hybridized carbons (Fsp3) is 0.250. The predicted octanol–water partition coefficient (Wildman–Crippen LogP) is 3.66. The number of benzene rings is 2. The Labute approximate surface area is 109 Å². The third kappa shape index (κ3) is 2.97. The molecule has 1 unspecified atom stereocenters. The van der Waals surface area contributed by atoms with Crippen molar-refractivity contribution < 1.29 is 0 Å². The molecule has 0 saturated heterocycles. The number of hydrogen-bond donors (Lipinski definition) is 2. The molecule has 0 radical (unpaired) electrons. The van der Waals surface area contributed by atoms with Crippen molar-refractivity contribution in [1.29, 1.82) is 0 Å². The van der Waals surface area contributed by atoms with E-state index in [1.807, 2.05) is 6.07 Å². The summed E-state index contributed by atoms with van der Waals surface area (Å²) >= 11 is 0. The van der Waals surface area contributed by atoms with E-state index >= 15 is 0 Å². The lowest BCUT2D eigenvalue weighted by Crippen LogP contribution is -2.27. The number of rotatable bonds is 5. The topological polar surface area (TPSA) is 38.0 Å². The maximum Gasteiger partial charge on any atom is 0.0459 e. The van der Waals surface area contributed by atoms with Crippen LogP contribution in [0.1, 0.15) is 31.4 Å². The lowest BCUT2D eigenvalue weighted by atomic mass is 9.99. The molecule has 18 heavy (non-hydrogen) atoms. The van der Waals surface area contributed by atoms with Crippen molar-refractivity contribution in [3.8, 4) is 11.1 Å². The Hall–Kier alpha value is -1.64. The molecule has 2 aromatic rings. The number of nitrogens with two attached hydrogens (primary N) is 1. The van der Waals surface area contributed by atoms with Gasteiger partial charge in [0.15, 0.2) is 0 Å². The van der Waals surface area contributed by atoms with Crippen molar-refractivity contribution in [2.45, 2.75) is 25.8 Å². The first-order valence-corrected chi connectivity index (χ1v) is 6.46. The van der Waals surface area contributed by atoms with E-state index in [-0.39, 0.29) is 6.04 Å². The van der Waals surface area contributed by atoms with E-state index in [9.17, 15) is 0 Å². The highest BCUT2D eigenvalue weighted by atomic mass is 15.2. The van der Waals surface area contributed by atoms with Crippen LogP contribution in [-0.4, -0.2) is 0 Å².